The van der Waals surface area contributed by atoms with Crippen LogP contribution in [-0.4, -0.2) is 19.8 Å². The van der Waals surface area contributed by atoms with Gasteiger partial charge in [0.1, 0.15) is 17.2 Å². The lowest BCUT2D eigenvalue weighted by molar-refractivity contribution is 0.330. The molecular weight excluding hydrogens is 913 g/mol. The molecule has 0 spiro atoms. The van der Waals surface area contributed by atoms with Gasteiger partial charge >= 0.3 is 0 Å². The van der Waals surface area contributed by atoms with Gasteiger partial charge in [-0.1, -0.05) is 261 Å². The highest BCUT2D eigenvalue weighted by molar-refractivity contribution is 5.39. The van der Waals surface area contributed by atoms with Crippen molar-refractivity contribution in [2.45, 2.75) is 218 Å². The molecule has 0 heterocycles. The fourth-order valence-corrected chi connectivity index (χ4v) is 7.86. The molecule has 3 nitrogen and oxygen atoms in total. The summed E-state index contributed by atoms with van der Waals surface area (Å²) in [5.74, 6) is 2.93. The quantitative estimate of drug-likeness (QED) is 0.144. The average Bonchev–Trinajstić information content (AvgIpc) is 3.34. The summed E-state index contributed by atoms with van der Waals surface area (Å²) in [5, 5.41) is 0. The lowest BCUT2D eigenvalue weighted by Crippen LogP contribution is -2.13. The molecule has 0 aliphatic rings. The second kappa shape index (κ2) is 31.7. The molecule has 0 amide bonds. The van der Waals surface area contributed by atoms with E-state index in [1.807, 2.05) is 57.2 Å². The van der Waals surface area contributed by atoms with Crippen LogP contribution in [0.15, 0.2) is 146 Å². The Labute approximate surface area is 462 Å². The number of rotatable bonds is 9. The first-order chi connectivity index (χ1) is 34.8. The smallest absolute Gasteiger partial charge is 0.122 e. The Morgan fingerprint density at radius 2 is 0.680 bits per heavy atom. The molecule has 0 saturated heterocycles. The molecule has 0 radical (unpaired) electrons. The number of hydrogen-bond donors (Lipinski definition) is 0. The van der Waals surface area contributed by atoms with Gasteiger partial charge in [0, 0.05) is 0 Å². The highest BCUT2D eigenvalue weighted by Crippen LogP contribution is 2.31. The molecular formula is C72H108O3. The van der Waals surface area contributed by atoms with Crippen molar-refractivity contribution in [1.29, 1.82) is 0 Å². The summed E-state index contributed by atoms with van der Waals surface area (Å²) in [4.78, 5) is 0. The van der Waals surface area contributed by atoms with E-state index in [1.54, 1.807) is 0 Å². The Kier molecular flexibility index (Phi) is 28.6. The van der Waals surface area contributed by atoms with Crippen LogP contribution in [0.5, 0.6) is 17.2 Å². The van der Waals surface area contributed by atoms with Crippen LogP contribution in [-0.2, 0) is 51.8 Å². The lowest BCUT2D eigenvalue weighted by Gasteiger charge is -2.22. The molecule has 0 bridgehead atoms. The molecule has 0 unspecified atom stereocenters. The van der Waals surface area contributed by atoms with Gasteiger partial charge in [0.2, 0.25) is 0 Å². The minimum absolute atomic E-state index is 0.158. The zero-order valence-electron chi connectivity index (χ0n) is 52.3. The van der Waals surface area contributed by atoms with Crippen molar-refractivity contribution < 1.29 is 14.2 Å². The Hall–Kier alpha value is -5.28. The van der Waals surface area contributed by atoms with Crippen LogP contribution in [0, 0.1) is 0 Å². The van der Waals surface area contributed by atoms with Gasteiger partial charge in [0.25, 0.3) is 0 Å². The summed E-state index contributed by atoms with van der Waals surface area (Å²) in [6.45, 7) is 54.9. The fourth-order valence-electron chi connectivity index (χ4n) is 7.86. The maximum Gasteiger partial charge on any atom is 0.122 e. The van der Waals surface area contributed by atoms with Gasteiger partial charge in [0.05, 0.1) is 19.8 Å². The molecule has 0 fully saturated rings. The number of ether oxygens (including phenoxy) is 3. The molecule has 414 valence electrons. The summed E-state index contributed by atoms with van der Waals surface area (Å²) in [6, 6.07) is 51.3. The average molecular weight is 1020 g/mol. The van der Waals surface area contributed by atoms with E-state index in [0.29, 0.717) is 0 Å². The lowest BCUT2D eigenvalue weighted by atomic mass is 9.83. The van der Waals surface area contributed by atoms with Crippen molar-refractivity contribution in [2.75, 3.05) is 19.8 Å². The molecule has 0 aliphatic carbocycles. The molecule has 0 N–H and O–H groups in total. The summed E-state index contributed by atoms with van der Waals surface area (Å²) in [7, 11) is 0. The van der Waals surface area contributed by atoms with E-state index in [0.717, 1.165) is 56.3 Å². The molecule has 0 atom stereocenters. The van der Waals surface area contributed by atoms with Crippen molar-refractivity contribution in [2.24, 2.45) is 0 Å². The van der Waals surface area contributed by atoms with E-state index in [9.17, 15) is 0 Å². The topological polar surface area (TPSA) is 27.7 Å². The van der Waals surface area contributed by atoms with Gasteiger partial charge in [-0.15, -0.1) is 0 Å². The van der Waals surface area contributed by atoms with Crippen LogP contribution in [0.2, 0.25) is 0 Å². The normalized spacial score (nSPS) is 11.5. The van der Waals surface area contributed by atoms with Crippen LogP contribution >= 0.6 is 0 Å². The first-order valence-corrected chi connectivity index (χ1v) is 28.2. The predicted molar refractivity (Wildman–Crippen MR) is 332 cm³/mol. The van der Waals surface area contributed by atoms with Gasteiger partial charge in [-0.3, -0.25) is 0 Å². The largest absolute Gasteiger partial charge is 0.494 e. The van der Waals surface area contributed by atoms with Gasteiger partial charge in [0.15, 0.2) is 0 Å². The van der Waals surface area contributed by atoms with Crippen molar-refractivity contribution >= 4 is 0 Å². The second-order valence-electron chi connectivity index (χ2n) is 25.5. The Balaban J connectivity index is 0.000000450. The monoisotopic (exact) mass is 1020 g/mol. The Morgan fingerprint density at radius 1 is 0.280 bits per heavy atom. The highest BCUT2D eigenvalue weighted by atomic mass is 16.5. The molecule has 75 heavy (non-hydrogen) atoms. The van der Waals surface area contributed by atoms with E-state index in [1.165, 1.54) is 50.1 Å². The van der Waals surface area contributed by atoms with E-state index < -0.39 is 0 Å². The molecule has 0 aromatic heterocycles. The van der Waals surface area contributed by atoms with Crippen LogP contribution in [0.4, 0.5) is 0 Å². The van der Waals surface area contributed by atoms with E-state index in [2.05, 4.69) is 255 Å². The Morgan fingerprint density at radius 3 is 1.09 bits per heavy atom. The van der Waals surface area contributed by atoms with E-state index in [-0.39, 0.29) is 32.5 Å². The van der Waals surface area contributed by atoms with Crippen LogP contribution in [0.3, 0.4) is 0 Å². The third kappa shape index (κ3) is 26.4. The van der Waals surface area contributed by atoms with Gasteiger partial charge < -0.3 is 14.2 Å². The molecule has 6 rings (SSSR count). The summed E-state index contributed by atoms with van der Waals surface area (Å²) in [5.41, 5.74) is 14.0. The zero-order chi connectivity index (χ0) is 57.3. The zero-order valence-corrected chi connectivity index (χ0v) is 52.3. The Bertz CT molecular complexity index is 2450. The minimum atomic E-state index is 0.158. The molecule has 3 heteroatoms. The first kappa shape index (κ1) is 67.7. The van der Waals surface area contributed by atoms with Crippen molar-refractivity contribution in [3.05, 3.63) is 196 Å². The first-order valence-electron chi connectivity index (χ1n) is 28.2. The van der Waals surface area contributed by atoms with Crippen LogP contribution in [0.25, 0.3) is 0 Å². The van der Waals surface area contributed by atoms with Crippen molar-refractivity contribution in [3.63, 3.8) is 0 Å². The molecule has 0 saturated carbocycles. The summed E-state index contributed by atoms with van der Waals surface area (Å²) in [6.07, 6.45) is 3.39. The van der Waals surface area contributed by atoms with Crippen LogP contribution < -0.4 is 14.2 Å². The highest BCUT2D eigenvalue weighted by Gasteiger charge is 2.19. The molecule has 6 aromatic rings. The maximum absolute atomic E-state index is 5.56. The predicted octanol–water partition coefficient (Wildman–Crippen LogP) is 20.8. The maximum atomic E-state index is 5.56. The van der Waals surface area contributed by atoms with E-state index in [4.69, 9.17) is 14.2 Å². The number of benzene rings is 6. The minimum Gasteiger partial charge on any atom is -0.494 e. The van der Waals surface area contributed by atoms with Gasteiger partial charge in [-0.25, -0.2) is 0 Å². The van der Waals surface area contributed by atoms with Crippen LogP contribution in [0.1, 0.15) is 216 Å². The number of aryl methyl sites for hydroxylation is 3. The van der Waals surface area contributed by atoms with Gasteiger partial charge in [-0.2, -0.15) is 0 Å². The molecule has 0 aliphatic heterocycles. The van der Waals surface area contributed by atoms with Crippen molar-refractivity contribution in [3.8, 4) is 17.2 Å². The summed E-state index contributed by atoms with van der Waals surface area (Å²) >= 11 is 0. The number of hydrogen-bond acceptors (Lipinski definition) is 3. The fraction of sp³-hybridized carbons (Fsp3) is 0.500. The third-order valence-corrected chi connectivity index (χ3v) is 12.7. The second-order valence-corrected chi connectivity index (χ2v) is 25.5. The molecule has 6 aromatic carbocycles. The van der Waals surface area contributed by atoms with Crippen molar-refractivity contribution in [1.82, 2.24) is 0 Å². The third-order valence-electron chi connectivity index (χ3n) is 12.7. The summed E-state index contributed by atoms with van der Waals surface area (Å²) < 4.78 is 16.4. The standard InChI is InChI=1S/3C12H18O.3C12H18/c1-5-13-11-8-6-10(7-9-11)12(2,3)4;1-5-13-11-8-6-7-10(9-11)12(2,3)4;1-5-13-11-9-7-6-8-10(11)12(2,3)4;1-5-10-6-8-11(9-7-10)12(2,3)4;1-5-10-7-6-8-11(9-10)12(2,3)4;1-5-10-8-6-7-9-11(10)12(2,3)4/h3*6-9H,5H2,1-4H3;3*6-9H,5H2,1-4H3. The van der Waals surface area contributed by atoms with Gasteiger partial charge in [-0.05, 0) is 153 Å². The SMILES string of the molecule is CCOc1ccc(C(C)(C)C)cc1.CCOc1cccc(C(C)(C)C)c1.CCOc1ccccc1C(C)(C)C.CCc1ccc(C(C)(C)C)cc1.CCc1cccc(C(C)(C)C)c1.CCc1ccccc1C(C)(C)C. The van der Waals surface area contributed by atoms with E-state index >= 15 is 0 Å². The number of para-hydroxylation sites is 1.